The molecule has 2 aliphatic rings. The van der Waals surface area contributed by atoms with Crippen LogP contribution in [-0.2, 0) is 27.2 Å². The lowest BCUT2D eigenvalue weighted by atomic mass is 9.93. The van der Waals surface area contributed by atoms with Crippen molar-refractivity contribution in [1.29, 1.82) is 0 Å². The van der Waals surface area contributed by atoms with Gasteiger partial charge >= 0.3 is 30.0 Å². The molecule has 2 aromatic heterocycles. The van der Waals surface area contributed by atoms with E-state index in [9.17, 15) is 45.5 Å². The zero-order valence-corrected chi connectivity index (χ0v) is 30.1. The molecule has 0 radical (unpaired) electrons. The lowest BCUT2D eigenvalue weighted by molar-refractivity contribution is -0.193. The second-order valence-electron chi connectivity index (χ2n) is 12.6. The zero-order chi connectivity index (χ0) is 40.6. The summed E-state index contributed by atoms with van der Waals surface area (Å²) in [6, 6.07) is 15.0. The van der Waals surface area contributed by atoms with Crippen LogP contribution in [0.3, 0.4) is 0 Å². The Kier molecular flexibility index (Phi) is 13.0. The number of pyridine rings is 1. The minimum atomic E-state index is -5.77. The van der Waals surface area contributed by atoms with Crippen LogP contribution in [0.15, 0.2) is 67.1 Å². The first-order valence-corrected chi connectivity index (χ1v) is 17.2. The van der Waals surface area contributed by atoms with Crippen LogP contribution in [0.4, 0.5) is 65.7 Å². The monoisotopic (exact) mass is 806 g/mol. The average molecular weight is 807 g/mol. The number of para-hydroxylation sites is 2. The standard InChI is InChI=1S/C32H33ClN8O3.C4F6O2/c1-44-28-5-3-2-4-27(28)39-32(43)41-12-10-20(11-13-41)15-29(42)38-26-9-8-23-16-22(26)7-6-21-14-24(18-34-17-21)37-31-35-19-25(33)30(36-23)40-31;5-3(6,7)1(11)2(12)4(8,9)10/h2-5,8-9,14,16-20H,6-7,10-13,15H2,1H3,(H,38,42)(H,39,43)(H2,35,36,37,40);. The molecule has 4 heterocycles. The second-order valence-corrected chi connectivity index (χ2v) is 13.0. The fraction of sp³-hybridized carbons (Fsp3) is 0.306. The van der Waals surface area contributed by atoms with Gasteiger partial charge in [-0.25, -0.2) is 9.78 Å². The molecule has 2 aromatic carbocycles. The van der Waals surface area contributed by atoms with Crippen LogP contribution in [0.5, 0.6) is 5.75 Å². The summed E-state index contributed by atoms with van der Waals surface area (Å²) in [5.74, 6) is -5.18. The third kappa shape index (κ3) is 11.0. The molecule has 2 aliphatic heterocycles. The molecule has 3 amide bonds. The van der Waals surface area contributed by atoms with Crippen LogP contribution in [-0.4, -0.2) is 75.9 Å². The SMILES string of the molecule is COc1ccccc1NC(=O)N1CCC(CC(=O)Nc2ccc3cc2CCc2cncc(c2)Nc2ncc(Cl)c(n2)N3)CC1.O=C(C(=O)C(F)(F)F)C(F)(F)F. The highest BCUT2D eigenvalue weighted by Crippen LogP contribution is 2.31. The first kappa shape index (κ1) is 41.2. The van der Waals surface area contributed by atoms with Gasteiger partial charge in [0.05, 0.1) is 30.9 Å². The number of ether oxygens (including phenoxy) is 1. The smallest absolute Gasteiger partial charge is 0.458 e. The number of piperidine rings is 1. The van der Waals surface area contributed by atoms with Gasteiger partial charge in [0, 0.05) is 37.1 Å². The molecule has 0 aliphatic carbocycles. The average Bonchev–Trinajstić information content (AvgIpc) is 3.16. The molecule has 1 fully saturated rings. The number of alkyl halides is 6. The molecule has 4 N–H and O–H groups in total. The summed E-state index contributed by atoms with van der Waals surface area (Å²) in [6.07, 6.45) is -3.14. The molecule has 1 saturated heterocycles. The quantitative estimate of drug-likeness (QED) is 0.112. The minimum Gasteiger partial charge on any atom is -0.495 e. The number of hydrogen-bond donors (Lipinski definition) is 4. The van der Waals surface area contributed by atoms with Gasteiger partial charge in [-0.15, -0.1) is 0 Å². The van der Waals surface area contributed by atoms with Gasteiger partial charge in [0.1, 0.15) is 10.8 Å². The highest BCUT2D eigenvalue weighted by atomic mass is 35.5. The lowest BCUT2D eigenvalue weighted by Crippen LogP contribution is -2.41. The highest BCUT2D eigenvalue weighted by Gasteiger charge is 2.54. The number of hydrogen-bond acceptors (Lipinski definition) is 10. The second kappa shape index (κ2) is 17.7. The van der Waals surface area contributed by atoms with Crippen molar-refractivity contribution < 1.29 is 50.3 Å². The first-order valence-electron chi connectivity index (χ1n) is 16.8. The molecule has 56 heavy (non-hydrogen) atoms. The predicted octanol–water partition coefficient (Wildman–Crippen LogP) is 7.64. The summed E-state index contributed by atoms with van der Waals surface area (Å²) in [6.45, 7) is 1.17. The lowest BCUT2D eigenvalue weighted by Gasteiger charge is -2.32. The minimum absolute atomic E-state index is 0.0434. The number of carbonyl (C=O) groups excluding carboxylic acids is 4. The molecule has 0 saturated carbocycles. The van der Waals surface area contributed by atoms with Crippen LogP contribution in [0.25, 0.3) is 0 Å². The molecule has 4 aromatic rings. The van der Waals surface area contributed by atoms with Gasteiger partial charge in [0.15, 0.2) is 5.82 Å². The van der Waals surface area contributed by atoms with E-state index in [4.69, 9.17) is 16.3 Å². The Morgan fingerprint density at radius 2 is 1.55 bits per heavy atom. The number of amides is 3. The number of halogens is 7. The van der Waals surface area contributed by atoms with Crippen molar-refractivity contribution in [2.45, 2.75) is 44.5 Å². The van der Waals surface area contributed by atoms with Crippen molar-refractivity contribution in [3.63, 3.8) is 0 Å². The fourth-order valence-electron chi connectivity index (χ4n) is 5.76. The van der Waals surface area contributed by atoms with Gasteiger partial charge in [0.2, 0.25) is 11.9 Å². The van der Waals surface area contributed by atoms with Crippen molar-refractivity contribution in [3.8, 4) is 5.75 Å². The summed E-state index contributed by atoms with van der Waals surface area (Å²) in [7, 11) is 1.58. The first-order chi connectivity index (χ1) is 26.5. The van der Waals surface area contributed by atoms with Crippen LogP contribution < -0.4 is 26.0 Å². The number of benzene rings is 2. The number of aryl methyl sites for hydroxylation is 2. The van der Waals surface area contributed by atoms with Gasteiger partial charge in [0.25, 0.3) is 0 Å². The number of carbonyl (C=O) groups is 4. The zero-order valence-electron chi connectivity index (χ0n) is 29.4. The fourth-order valence-corrected chi connectivity index (χ4v) is 5.89. The highest BCUT2D eigenvalue weighted by molar-refractivity contribution is 6.41. The number of likely N-dealkylation sites (tertiary alicyclic amines) is 1. The van der Waals surface area contributed by atoms with E-state index in [0.717, 1.165) is 47.5 Å². The Morgan fingerprint density at radius 1 is 0.857 bits per heavy atom. The topological polar surface area (TPSA) is 168 Å². The number of rotatable bonds is 6. The molecule has 0 unspecified atom stereocenters. The van der Waals surface area contributed by atoms with E-state index in [1.165, 1.54) is 0 Å². The van der Waals surface area contributed by atoms with E-state index >= 15 is 0 Å². The van der Waals surface area contributed by atoms with E-state index in [2.05, 4.69) is 36.2 Å². The molecule has 0 atom stereocenters. The van der Waals surface area contributed by atoms with E-state index in [-0.39, 0.29) is 17.9 Å². The van der Waals surface area contributed by atoms with Gasteiger partial charge in [-0.2, -0.15) is 31.3 Å². The molecular weight excluding hydrogens is 774 g/mol. The van der Waals surface area contributed by atoms with Gasteiger partial charge in [-0.3, -0.25) is 19.4 Å². The Balaban J connectivity index is 0.000000433. The number of urea groups is 1. The summed E-state index contributed by atoms with van der Waals surface area (Å²) in [5, 5.41) is 12.9. The van der Waals surface area contributed by atoms with Crippen LogP contribution in [0, 0.1) is 5.92 Å². The van der Waals surface area contributed by atoms with Crippen molar-refractivity contribution in [2.24, 2.45) is 5.92 Å². The largest absolute Gasteiger partial charge is 0.495 e. The van der Waals surface area contributed by atoms with E-state index in [1.54, 1.807) is 24.4 Å². The van der Waals surface area contributed by atoms with E-state index < -0.39 is 23.9 Å². The number of anilines is 6. The summed E-state index contributed by atoms with van der Waals surface area (Å²) < 4.78 is 72.3. The summed E-state index contributed by atoms with van der Waals surface area (Å²) >= 11 is 6.39. The maximum Gasteiger partial charge on any atom is 0.458 e. The normalized spacial score (nSPS) is 14.2. The van der Waals surface area contributed by atoms with Crippen LogP contribution in [0.1, 0.15) is 30.4 Å². The Bertz CT molecular complexity index is 2070. The number of nitrogens with zero attached hydrogens (tertiary/aromatic N) is 4. The number of fused-ring (bicyclic) bond motifs is 6. The van der Waals surface area contributed by atoms with Gasteiger partial charge in [-0.05, 0) is 79.1 Å². The van der Waals surface area contributed by atoms with Crippen molar-refractivity contribution >= 4 is 69.6 Å². The van der Waals surface area contributed by atoms with Crippen LogP contribution >= 0.6 is 11.6 Å². The summed E-state index contributed by atoms with van der Waals surface area (Å²) in [4.78, 5) is 60.3. The number of ketones is 2. The maximum atomic E-state index is 13.2. The van der Waals surface area contributed by atoms with Crippen molar-refractivity contribution in [3.05, 3.63) is 83.3 Å². The molecule has 6 bridgehead atoms. The maximum absolute atomic E-state index is 13.2. The Morgan fingerprint density at radius 3 is 2.23 bits per heavy atom. The van der Waals surface area contributed by atoms with Crippen molar-refractivity contribution in [2.75, 3.05) is 41.5 Å². The van der Waals surface area contributed by atoms with Gasteiger partial charge in [-0.1, -0.05) is 23.7 Å². The number of aromatic nitrogens is 3. The van der Waals surface area contributed by atoms with Gasteiger partial charge < -0.3 is 30.9 Å². The van der Waals surface area contributed by atoms with Crippen LogP contribution in [0.2, 0.25) is 5.02 Å². The molecule has 296 valence electrons. The third-order valence-electron chi connectivity index (χ3n) is 8.57. The molecule has 0 spiro atoms. The van der Waals surface area contributed by atoms with E-state index in [0.29, 0.717) is 54.2 Å². The van der Waals surface area contributed by atoms with E-state index in [1.807, 2.05) is 54.7 Å². The molecule has 13 nitrogen and oxygen atoms in total. The molecule has 20 heteroatoms. The molecule has 6 rings (SSSR count). The third-order valence-corrected chi connectivity index (χ3v) is 8.84. The molecular formula is C36H33ClF6N8O5. The number of Topliss-reactive ketones (excluding diaryl/α,β-unsaturated/α-hetero) is 2. The predicted molar refractivity (Wildman–Crippen MR) is 193 cm³/mol. The Labute approximate surface area is 320 Å². The number of nitrogens with one attached hydrogen (secondary N) is 4. The Hall–Kier alpha value is -5.98. The summed E-state index contributed by atoms with van der Waals surface area (Å²) in [5.41, 5.74) is 5.00. The number of methoxy groups -OCH3 is 1. The van der Waals surface area contributed by atoms with Crippen molar-refractivity contribution in [1.82, 2.24) is 19.9 Å².